The Balaban J connectivity index is 2.07. The van der Waals surface area contributed by atoms with Crippen LogP contribution in [0.3, 0.4) is 0 Å². The molecule has 0 N–H and O–H groups in total. The lowest BCUT2D eigenvalue weighted by Crippen LogP contribution is -2.19. The molecule has 27 heavy (non-hydrogen) atoms. The van der Waals surface area contributed by atoms with Crippen LogP contribution in [-0.2, 0) is 12.7 Å². The molecule has 0 spiro atoms. The minimum Gasteiger partial charge on any atom is -0.623 e. The summed E-state index contributed by atoms with van der Waals surface area (Å²) in [6.45, 7) is 1.66. The molecule has 1 aromatic heterocycles. The van der Waals surface area contributed by atoms with Crippen molar-refractivity contribution in [3.05, 3.63) is 87.1 Å². The number of hydrogen-bond acceptors (Lipinski definition) is 2. The van der Waals surface area contributed by atoms with E-state index in [-0.39, 0.29) is 22.8 Å². The lowest BCUT2D eigenvalue weighted by atomic mass is 9.98. The summed E-state index contributed by atoms with van der Waals surface area (Å²) in [7, 11) is 0. The third-order valence-electron chi connectivity index (χ3n) is 4.40. The van der Waals surface area contributed by atoms with Gasteiger partial charge in [-0.3, -0.25) is 4.57 Å². The highest BCUT2D eigenvalue weighted by molar-refractivity contribution is 6.35. The molecule has 0 radical (unpaired) electrons. The SMILES string of the molecule is Cc1cn2c(n1)C[N+]([O-])=C(c1ccccc1Cl)c1cc(C(F)(F)F)ccc1-2. The molecule has 0 bridgehead atoms. The maximum absolute atomic E-state index is 13.3. The number of hydrogen-bond donors (Lipinski definition) is 0. The molecule has 0 fully saturated rings. The van der Waals surface area contributed by atoms with Crippen molar-refractivity contribution in [2.75, 3.05) is 0 Å². The number of aromatic nitrogens is 2. The zero-order chi connectivity index (χ0) is 19.3. The van der Waals surface area contributed by atoms with Crippen LogP contribution in [0.5, 0.6) is 0 Å². The van der Waals surface area contributed by atoms with Crippen molar-refractivity contribution < 1.29 is 17.9 Å². The van der Waals surface area contributed by atoms with Crippen molar-refractivity contribution in [1.82, 2.24) is 9.55 Å². The van der Waals surface area contributed by atoms with Gasteiger partial charge in [-0.25, -0.2) is 4.98 Å². The Hall–Kier alpha value is -2.80. The van der Waals surface area contributed by atoms with E-state index in [0.717, 1.165) is 12.1 Å². The molecular weight excluding hydrogens is 379 g/mol. The number of halogens is 4. The number of rotatable bonds is 1. The third-order valence-corrected chi connectivity index (χ3v) is 4.73. The summed E-state index contributed by atoms with van der Waals surface area (Å²) in [4.78, 5) is 4.33. The van der Waals surface area contributed by atoms with E-state index in [0.29, 0.717) is 27.5 Å². The fourth-order valence-corrected chi connectivity index (χ4v) is 3.48. The number of hydroxylamine groups is 1. The van der Waals surface area contributed by atoms with E-state index in [1.807, 2.05) is 0 Å². The summed E-state index contributed by atoms with van der Waals surface area (Å²) in [5, 5.41) is 13.2. The summed E-state index contributed by atoms with van der Waals surface area (Å²) in [6.07, 6.45) is -2.83. The minimum atomic E-state index is -4.53. The van der Waals surface area contributed by atoms with Gasteiger partial charge in [-0.1, -0.05) is 23.7 Å². The van der Waals surface area contributed by atoms with Crippen LogP contribution in [0.2, 0.25) is 5.02 Å². The highest BCUT2D eigenvalue weighted by atomic mass is 35.5. The molecule has 8 heteroatoms. The first-order valence-electron chi connectivity index (χ1n) is 8.09. The Kier molecular flexibility index (Phi) is 3.99. The van der Waals surface area contributed by atoms with Gasteiger partial charge in [0, 0.05) is 6.20 Å². The first-order valence-corrected chi connectivity index (χ1v) is 8.47. The number of imidazole rings is 1. The Bertz CT molecular complexity index is 1090. The van der Waals surface area contributed by atoms with E-state index in [1.54, 1.807) is 42.0 Å². The van der Waals surface area contributed by atoms with Crippen molar-refractivity contribution in [1.29, 1.82) is 0 Å². The van der Waals surface area contributed by atoms with Gasteiger partial charge in [0.25, 0.3) is 0 Å². The van der Waals surface area contributed by atoms with Gasteiger partial charge in [0.1, 0.15) is 0 Å². The molecule has 3 aromatic rings. The van der Waals surface area contributed by atoms with Gasteiger partial charge in [0.15, 0.2) is 5.82 Å². The Morgan fingerprint density at radius 3 is 2.59 bits per heavy atom. The molecule has 0 unspecified atom stereocenters. The van der Waals surface area contributed by atoms with Crippen molar-refractivity contribution in [2.45, 2.75) is 19.6 Å². The van der Waals surface area contributed by atoms with Crippen LogP contribution in [0.4, 0.5) is 13.2 Å². The topological polar surface area (TPSA) is 43.9 Å². The highest BCUT2D eigenvalue weighted by Crippen LogP contribution is 2.34. The van der Waals surface area contributed by atoms with Gasteiger partial charge in [-0.05, 0) is 37.3 Å². The summed E-state index contributed by atoms with van der Waals surface area (Å²) in [5.74, 6) is 0.450. The second-order valence-corrected chi connectivity index (χ2v) is 6.67. The lowest BCUT2D eigenvalue weighted by molar-refractivity contribution is -0.475. The maximum atomic E-state index is 13.3. The fourth-order valence-electron chi connectivity index (χ4n) is 3.25. The van der Waals surface area contributed by atoms with Crippen LogP contribution in [0.15, 0.2) is 48.7 Å². The molecule has 2 heterocycles. The van der Waals surface area contributed by atoms with Crippen LogP contribution >= 0.6 is 11.6 Å². The molecule has 1 aliphatic heterocycles. The van der Waals surface area contributed by atoms with Crippen molar-refractivity contribution >= 4 is 17.3 Å². The second-order valence-electron chi connectivity index (χ2n) is 6.26. The van der Waals surface area contributed by atoms with E-state index in [4.69, 9.17) is 11.6 Å². The number of alkyl halides is 3. The number of benzene rings is 2. The van der Waals surface area contributed by atoms with Crippen molar-refractivity contribution in [2.24, 2.45) is 0 Å². The minimum absolute atomic E-state index is 0.0878. The largest absolute Gasteiger partial charge is 0.623 e. The van der Waals surface area contributed by atoms with Crippen molar-refractivity contribution in [3.8, 4) is 5.69 Å². The Morgan fingerprint density at radius 1 is 1.15 bits per heavy atom. The normalized spacial score (nSPS) is 14.0. The number of aryl methyl sites for hydroxylation is 1. The molecule has 1 aliphatic rings. The summed E-state index contributed by atoms with van der Waals surface area (Å²) >= 11 is 6.25. The third kappa shape index (κ3) is 2.98. The number of fused-ring (bicyclic) bond motifs is 3. The first kappa shape index (κ1) is 17.6. The van der Waals surface area contributed by atoms with E-state index in [2.05, 4.69) is 4.98 Å². The molecule has 2 aromatic carbocycles. The van der Waals surface area contributed by atoms with Crippen LogP contribution < -0.4 is 0 Å². The van der Waals surface area contributed by atoms with Crippen LogP contribution in [0, 0.1) is 12.1 Å². The second kappa shape index (κ2) is 6.13. The maximum Gasteiger partial charge on any atom is 0.416 e. The predicted octanol–water partition coefficient (Wildman–Crippen LogP) is 4.71. The lowest BCUT2D eigenvalue weighted by Gasteiger charge is -2.14. The van der Waals surface area contributed by atoms with E-state index < -0.39 is 11.7 Å². The molecule has 0 saturated heterocycles. The molecule has 0 aliphatic carbocycles. The summed E-state index contributed by atoms with van der Waals surface area (Å²) in [6, 6.07) is 9.94. The van der Waals surface area contributed by atoms with Gasteiger partial charge in [-0.15, -0.1) is 0 Å². The molecule has 0 amide bonds. The zero-order valence-corrected chi connectivity index (χ0v) is 14.8. The van der Waals surface area contributed by atoms with Gasteiger partial charge in [-0.2, -0.15) is 17.9 Å². The quantitative estimate of drug-likeness (QED) is 0.445. The van der Waals surface area contributed by atoms with E-state index in [1.165, 1.54) is 6.07 Å². The van der Waals surface area contributed by atoms with Crippen LogP contribution in [0.25, 0.3) is 5.69 Å². The van der Waals surface area contributed by atoms with E-state index in [9.17, 15) is 18.4 Å². The van der Waals surface area contributed by atoms with E-state index >= 15 is 0 Å². The smallest absolute Gasteiger partial charge is 0.416 e. The summed E-state index contributed by atoms with van der Waals surface area (Å²) in [5.41, 5.74) is 0.906. The van der Waals surface area contributed by atoms with Gasteiger partial charge < -0.3 is 5.21 Å². The number of nitrogens with zero attached hydrogens (tertiary/aromatic N) is 3. The monoisotopic (exact) mass is 391 g/mol. The van der Waals surface area contributed by atoms with Gasteiger partial charge in [0.2, 0.25) is 12.3 Å². The first-order chi connectivity index (χ1) is 12.8. The molecule has 138 valence electrons. The predicted molar refractivity (Wildman–Crippen MR) is 95.3 cm³/mol. The average molecular weight is 392 g/mol. The van der Waals surface area contributed by atoms with Gasteiger partial charge in [0.05, 0.1) is 33.1 Å². The Labute approximate surface area is 157 Å². The molecular formula is C19H13ClF3N3O. The summed E-state index contributed by atoms with van der Waals surface area (Å²) < 4.78 is 42.3. The van der Waals surface area contributed by atoms with Crippen molar-refractivity contribution in [3.63, 3.8) is 0 Å². The average Bonchev–Trinajstić information content (AvgIpc) is 2.91. The zero-order valence-electron chi connectivity index (χ0n) is 14.1. The molecule has 0 atom stereocenters. The van der Waals surface area contributed by atoms with Crippen LogP contribution in [0.1, 0.15) is 28.2 Å². The highest BCUT2D eigenvalue weighted by Gasteiger charge is 2.35. The standard InChI is InChI=1S/C19H13ClF3N3O/c1-11-9-25-16-7-6-12(19(21,22)23)8-14(16)18(26(27)10-17(25)24-11)13-4-2-3-5-15(13)20/h2-9H,10H2,1H3. The molecule has 4 nitrogen and oxygen atoms in total. The molecule has 0 saturated carbocycles. The van der Waals surface area contributed by atoms with Crippen LogP contribution in [-0.4, -0.2) is 20.0 Å². The Morgan fingerprint density at radius 2 is 1.89 bits per heavy atom. The molecule has 4 rings (SSSR count). The van der Waals surface area contributed by atoms with Gasteiger partial charge >= 0.3 is 6.18 Å². The fraction of sp³-hybridized carbons (Fsp3) is 0.158.